The van der Waals surface area contributed by atoms with Crippen LogP contribution in [0.15, 0.2) is 0 Å². The van der Waals surface area contributed by atoms with Gasteiger partial charge >= 0.3 is 0 Å². The largest absolute Gasteiger partial charge is 0.381 e. The van der Waals surface area contributed by atoms with Gasteiger partial charge in [-0.1, -0.05) is 0 Å². The fourth-order valence-electron chi connectivity index (χ4n) is 2.88. The van der Waals surface area contributed by atoms with Crippen LogP contribution in [-0.4, -0.2) is 57.2 Å². The summed E-state index contributed by atoms with van der Waals surface area (Å²) in [5, 5.41) is 0. The van der Waals surface area contributed by atoms with Gasteiger partial charge in [-0.2, -0.15) is 0 Å². The van der Waals surface area contributed by atoms with E-state index in [9.17, 15) is 4.79 Å². The van der Waals surface area contributed by atoms with E-state index in [1.807, 2.05) is 0 Å². The van der Waals surface area contributed by atoms with Crippen LogP contribution in [0.1, 0.15) is 25.7 Å². The molecule has 98 valence electrons. The summed E-state index contributed by atoms with van der Waals surface area (Å²) >= 11 is 0. The van der Waals surface area contributed by atoms with Crippen LogP contribution in [0.3, 0.4) is 0 Å². The first-order valence-corrected chi connectivity index (χ1v) is 6.58. The summed E-state index contributed by atoms with van der Waals surface area (Å²) in [5.41, 5.74) is -0.273. The van der Waals surface area contributed by atoms with Crippen molar-refractivity contribution in [3.05, 3.63) is 0 Å². The van der Waals surface area contributed by atoms with Gasteiger partial charge in [0, 0.05) is 32.4 Å². The summed E-state index contributed by atoms with van der Waals surface area (Å²) in [7, 11) is 2.12. The fourth-order valence-corrected chi connectivity index (χ4v) is 2.88. The summed E-state index contributed by atoms with van der Waals surface area (Å²) in [4.78, 5) is 13.7. The maximum atomic E-state index is 11.4. The molecular weight excluding hydrogens is 218 g/mol. The minimum Gasteiger partial charge on any atom is -0.381 e. The van der Waals surface area contributed by atoms with Crippen molar-refractivity contribution in [1.82, 2.24) is 4.90 Å². The normalized spacial score (nSPS) is 31.6. The fraction of sp³-hybridized carbons (Fsp3) is 0.923. The van der Waals surface area contributed by atoms with Crippen LogP contribution in [0.4, 0.5) is 0 Å². The van der Waals surface area contributed by atoms with E-state index in [4.69, 9.17) is 9.47 Å². The summed E-state index contributed by atoms with van der Waals surface area (Å²) < 4.78 is 10.9. The van der Waals surface area contributed by atoms with Crippen molar-refractivity contribution in [3.63, 3.8) is 0 Å². The molecule has 1 unspecified atom stereocenters. The Hall–Kier alpha value is -0.450. The average molecular weight is 241 g/mol. The van der Waals surface area contributed by atoms with Crippen LogP contribution < -0.4 is 0 Å². The Labute approximate surface area is 103 Å². The van der Waals surface area contributed by atoms with Crippen molar-refractivity contribution < 1.29 is 14.3 Å². The van der Waals surface area contributed by atoms with Crippen LogP contribution in [-0.2, 0) is 14.3 Å². The lowest BCUT2D eigenvalue weighted by atomic mass is 9.83. The van der Waals surface area contributed by atoms with Crippen molar-refractivity contribution in [1.29, 1.82) is 0 Å². The van der Waals surface area contributed by atoms with Crippen LogP contribution in [0, 0.1) is 5.41 Å². The Kier molecular flexibility index (Phi) is 4.54. The van der Waals surface area contributed by atoms with E-state index in [1.54, 1.807) is 0 Å². The zero-order valence-electron chi connectivity index (χ0n) is 10.7. The molecule has 0 aliphatic carbocycles. The zero-order valence-corrected chi connectivity index (χ0v) is 10.7. The SMILES string of the molecule is CN(CC1(C=O)CCCOC1)C1CCOCC1. The monoisotopic (exact) mass is 241 g/mol. The third kappa shape index (κ3) is 3.27. The highest BCUT2D eigenvalue weighted by Gasteiger charge is 2.35. The third-order valence-corrected chi connectivity index (χ3v) is 3.98. The number of hydrogen-bond acceptors (Lipinski definition) is 4. The summed E-state index contributed by atoms with van der Waals surface area (Å²) in [5.74, 6) is 0. The molecule has 0 N–H and O–H groups in total. The van der Waals surface area contributed by atoms with Crippen LogP contribution in [0.5, 0.6) is 0 Å². The molecule has 4 nitrogen and oxygen atoms in total. The first kappa shape index (κ1) is 13.0. The van der Waals surface area contributed by atoms with Gasteiger partial charge < -0.3 is 19.2 Å². The van der Waals surface area contributed by atoms with E-state index < -0.39 is 0 Å². The van der Waals surface area contributed by atoms with Crippen molar-refractivity contribution in [2.45, 2.75) is 31.7 Å². The molecule has 0 bridgehead atoms. The van der Waals surface area contributed by atoms with Gasteiger partial charge in [-0.3, -0.25) is 0 Å². The molecule has 0 aromatic carbocycles. The van der Waals surface area contributed by atoms with Gasteiger partial charge in [0.25, 0.3) is 0 Å². The predicted molar refractivity (Wildman–Crippen MR) is 65.0 cm³/mol. The maximum absolute atomic E-state index is 11.4. The molecule has 0 spiro atoms. The number of carbonyl (C=O) groups excluding carboxylic acids is 1. The van der Waals surface area contributed by atoms with Crippen molar-refractivity contribution >= 4 is 6.29 Å². The Morgan fingerprint density at radius 1 is 1.29 bits per heavy atom. The van der Waals surface area contributed by atoms with E-state index in [0.717, 1.165) is 58.3 Å². The van der Waals surface area contributed by atoms with Gasteiger partial charge in [0.1, 0.15) is 6.29 Å². The highest BCUT2D eigenvalue weighted by Crippen LogP contribution is 2.28. The average Bonchev–Trinajstić information content (AvgIpc) is 2.41. The summed E-state index contributed by atoms with van der Waals surface area (Å²) in [6, 6.07) is 0.558. The number of aldehydes is 1. The molecule has 2 fully saturated rings. The van der Waals surface area contributed by atoms with Crippen molar-refractivity contribution in [2.24, 2.45) is 5.41 Å². The number of rotatable bonds is 4. The first-order chi connectivity index (χ1) is 8.26. The molecule has 2 aliphatic rings. The van der Waals surface area contributed by atoms with E-state index in [-0.39, 0.29) is 5.41 Å². The molecule has 4 heteroatoms. The van der Waals surface area contributed by atoms with Crippen molar-refractivity contribution in [2.75, 3.05) is 40.0 Å². The smallest absolute Gasteiger partial charge is 0.129 e. The molecular formula is C13H23NO3. The summed E-state index contributed by atoms with van der Waals surface area (Å²) in [6.45, 7) is 3.90. The molecule has 0 saturated carbocycles. The topological polar surface area (TPSA) is 38.8 Å². The Morgan fingerprint density at radius 2 is 2.06 bits per heavy atom. The lowest BCUT2D eigenvalue weighted by molar-refractivity contribution is -0.126. The Balaban J connectivity index is 1.90. The summed E-state index contributed by atoms with van der Waals surface area (Å²) in [6.07, 6.45) is 5.23. The van der Waals surface area contributed by atoms with Crippen LogP contribution in [0.2, 0.25) is 0 Å². The number of nitrogens with zero attached hydrogens (tertiary/aromatic N) is 1. The molecule has 0 aromatic rings. The highest BCUT2D eigenvalue weighted by molar-refractivity contribution is 5.60. The van der Waals surface area contributed by atoms with Crippen LogP contribution >= 0.6 is 0 Å². The van der Waals surface area contributed by atoms with E-state index >= 15 is 0 Å². The quantitative estimate of drug-likeness (QED) is 0.691. The third-order valence-electron chi connectivity index (χ3n) is 3.98. The van der Waals surface area contributed by atoms with Gasteiger partial charge in [-0.05, 0) is 32.7 Å². The standard InChI is InChI=1S/C13H23NO3/c1-14(12-3-7-16-8-4-12)9-13(10-15)5-2-6-17-11-13/h10,12H,2-9,11H2,1H3. The van der Waals surface area contributed by atoms with Gasteiger partial charge in [-0.25, -0.2) is 0 Å². The van der Waals surface area contributed by atoms with Crippen LogP contribution in [0.25, 0.3) is 0 Å². The number of carbonyl (C=O) groups is 1. The lowest BCUT2D eigenvalue weighted by Crippen LogP contribution is -2.47. The molecule has 17 heavy (non-hydrogen) atoms. The molecule has 2 heterocycles. The van der Waals surface area contributed by atoms with Gasteiger partial charge in [0.15, 0.2) is 0 Å². The first-order valence-electron chi connectivity index (χ1n) is 6.58. The second-order valence-corrected chi connectivity index (χ2v) is 5.40. The second kappa shape index (κ2) is 5.94. The number of ether oxygens (including phenoxy) is 2. The Bertz CT molecular complexity index is 245. The highest BCUT2D eigenvalue weighted by atomic mass is 16.5. The predicted octanol–water partition coefficient (Wildman–Crippen LogP) is 1.09. The maximum Gasteiger partial charge on any atom is 0.129 e. The molecule has 2 saturated heterocycles. The molecule has 0 amide bonds. The number of hydrogen-bond donors (Lipinski definition) is 0. The molecule has 0 radical (unpaired) electrons. The molecule has 0 aromatic heterocycles. The zero-order chi connectivity index (χ0) is 12.1. The second-order valence-electron chi connectivity index (χ2n) is 5.40. The molecule has 2 rings (SSSR count). The minimum absolute atomic E-state index is 0.273. The van der Waals surface area contributed by atoms with E-state index in [2.05, 4.69) is 11.9 Å². The molecule has 1 atom stereocenters. The van der Waals surface area contributed by atoms with E-state index in [1.165, 1.54) is 0 Å². The van der Waals surface area contributed by atoms with Gasteiger partial charge in [0.05, 0.1) is 12.0 Å². The van der Waals surface area contributed by atoms with Gasteiger partial charge in [0.2, 0.25) is 0 Å². The molecule has 2 aliphatic heterocycles. The minimum atomic E-state index is -0.273. The van der Waals surface area contributed by atoms with E-state index in [0.29, 0.717) is 12.6 Å². The van der Waals surface area contributed by atoms with Crippen molar-refractivity contribution in [3.8, 4) is 0 Å². The Morgan fingerprint density at radius 3 is 2.65 bits per heavy atom. The van der Waals surface area contributed by atoms with Gasteiger partial charge in [-0.15, -0.1) is 0 Å². The lowest BCUT2D eigenvalue weighted by Gasteiger charge is -2.39.